The first-order valence-corrected chi connectivity index (χ1v) is 49.2. The standard InChI is InChI=1S/2C27H28FN3O3.2C27H28FN3O2S/c1-2-33-27(32)31-22-9-10-23-19(13-22)14-26-25(16-30-34-26)24(23)11-8-21-7-6-18(15-29-21)17-4-3-5-20(28)12-17;2*1-2-33-27(32)31-22-9-10-23-19(13-22)14-25-26(30-16-34-25)24(23)11-8-21-7-6-18(15-29-21)17-4-3-5-20(28)12-17;1-2-33-27(32)31-22-9-10-23-19(13-22)14-25-26(34-16-30-25)24(23)11-8-21-7-6-18(15-29-21)17-4-3-5-20(28)12-17/h4*3-8,11-12,15-16,19,22-24H,2,9-10,13-14H2,1H3,(H,31,32)/b4*11-8+/t4*19-,22+,23+,24-/m0000/s1. The van der Waals surface area contributed by atoms with E-state index >= 15 is 0 Å². The largest absolute Gasteiger partial charge is 0.450 e. The molecule has 704 valence electrons. The molecule has 8 aliphatic carbocycles. The second kappa shape index (κ2) is 45.1. The summed E-state index contributed by atoms with van der Waals surface area (Å²) in [7, 11) is 0. The van der Waals surface area contributed by atoms with Crippen molar-refractivity contribution in [3.05, 3.63) is 308 Å². The summed E-state index contributed by atoms with van der Waals surface area (Å²) in [5.74, 6) is 5.41. The van der Waals surface area contributed by atoms with E-state index in [-0.39, 0.29) is 89.6 Å². The van der Waals surface area contributed by atoms with Crippen LogP contribution in [0.5, 0.6) is 0 Å². The van der Waals surface area contributed by atoms with Crippen LogP contribution in [0.3, 0.4) is 0 Å². The van der Waals surface area contributed by atoms with Gasteiger partial charge in [-0.1, -0.05) is 102 Å². The molecule has 8 heterocycles. The van der Waals surface area contributed by atoms with E-state index in [0.29, 0.717) is 79.7 Å². The topological polar surface area (TPSA) is 283 Å². The second-order valence-electron chi connectivity index (χ2n) is 36.2. The Labute approximate surface area is 797 Å². The minimum atomic E-state index is -0.341. The zero-order chi connectivity index (χ0) is 94.0. The van der Waals surface area contributed by atoms with E-state index in [4.69, 9.17) is 32.9 Å². The molecule has 8 aromatic heterocycles. The van der Waals surface area contributed by atoms with Gasteiger partial charge in [0, 0.05) is 123 Å². The van der Waals surface area contributed by atoms with Gasteiger partial charge in [-0.05, 0) is 284 Å². The predicted octanol–water partition coefficient (Wildman–Crippen LogP) is 24.0. The number of oxazole rings is 1. The quantitative estimate of drug-likeness (QED) is 0.0407. The molecule has 0 bridgehead atoms. The number of hydrogen-bond donors (Lipinski definition) is 4. The first-order valence-electron chi connectivity index (χ1n) is 47.5. The van der Waals surface area contributed by atoms with E-state index in [9.17, 15) is 36.7 Å². The van der Waals surface area contributed by atoms with Gasteiger partial charge in [-0.3, -0.25) is 19.9 Å². The van der Waals surface area contributed by atoms with Gasteiger partial charge in [-0.2, -0.15) is 0 Å². The molecular formula is C108H112F4N12O10S2. The molecule has 0 unspecified atom stereocenters. The van der Waals surface area contributed by atoms with Crippen molar-refractivity contribution >= 4 is 71.4 Å². The Morgan fingerprint density at radius 1 is 0.375 bits per heavy atom. The normalized spacial score (nSPS) is 23.8. The first-order chi connectivity index (χ1) is 66.4. The van der Waals surface area contributed by atoms with Crippen molar-refractivity contribution in [3.8, 4) is 44.5 Å². The van der Waals surface area contributed by atoms with Crippen LogP contribution in [0.15, 0.2) is 227 Å². The molecule has 4 N–H and O–H groups in total. The number of nitrogens with zero attached hydrogens (tertiary/aromatic N) is 8. The van der Waals surface area contributed by atoms with Crippen molar-refractivity contribution in [2.24, 2.45) is 47.3 Å². The van der Waals surface area contributed by atoms with Crippen LogP contribution in [0, 0.1) is 70.6 Å². The number of thiazole rings is 2. The van der Waals surface area contributed by atoms with Crippen molar-refractivity contribution in [1.82, 2.24) is 61.3 Å². The zero-order valence-electron chi connectivity index (χ0n) is 76.5. The monoisotopic (exact) mass is 1880 g/mol. The van der Waals surface area contributed by atoms with Gasteiger partial charge >= 0.3 is 24.4 Å². The van der Waals surface area contributed by atoms with Crippen LogP contribution in [-0.4, -0.2) is 115 Å². The lowest BCUT2D eigenvalue weighted by Crippen LogP contribution is -2.44. The Balaban J connectivity index is 0.000000126. The summed E-state index contributed by atoms with van der Waals surface area (Å²) < 4.78 is 85.7. The lowest BCUT2D eigenvalue weighted by atomic mass is 9.64. The maximum absolute atomic E-state index is 13.5. The summed E-state index contributed by atoms with van der Waals surface area (Å²) in [5, 5.41) is 16.2. The van der Waals surface area contributed by atoms with Crippen LogP contribution in [0.1, 0.15) is 195 Å². The summed E-state index contributed by atoms with van der Waals surface area (Å²) in [6.45, 7) is 8.78. The van der Waals surface area contributed by atoms with E-state index in [0.717, 1.165) is 193 Å². The molecule has 8 aliphatic rings. The Hall–Kier alpha value is -13.1. The van der Waals surface area contributed by atoms with Crippen LogP contribution < -0.4 is 21.3 Å². The number of pyridine rings is 4. The number of amides is 4. The number of benzene rings is 4. The fourth-order valence-electron chi connectivity index (χ4n) is 21.6. The van der Waals surface area contributed by atoms with Crippen molar-refractivity contribution < 1.29 is 64.6 Å². The number of nitrogens with one attached hydrogen (secondary N) is 4. The fraction of sp³-hybridized carbons (Fsp3) is 0.370. The fourth-order valence-corrected chi connectivity index (χ4v) is 23.5. The lowest BCUT2D eigenvalue weighted by Gasteiger charge is -2.42. The maximum Gasteiger partial charge on any atom is 0.407 e. The van der Waals surface area contributed by atoms with Crippen LogP contribution in [0.2, 0.25) is 0 Å². The molecule has 0 saturated heterocycles. The van der Waals surface area contributed by atoms with Gasteiger partial charge < -0.3 is 49.2 Å². The van der Waals surface area contributed by atoms with E-state index in [1.807, 2.05) is 130 Å². The molecule has 20 rings (SSSR count). The third-order valence-electron chi connectivity index (χ3n) is 27.9. The van der Waals surface area contributed by atoms with E-state index in [1.54, 1.807) is 71.7 Å². The Morgan fingerprint density at radius 3 is 1.13 bits per heavy atom. The number of aromatic nitrogens is 8. The molecular weight excluding hydrogens is 1770 g/mol. The Morgan fingerprint density at radius 2 is 0.735 bits per heavy atom. The van der Waals surface area contributed by atoms with Crippen LogP contribution >= 0.6 is 22.7 Å². The van der Waals surface area contributed by atoms with E-state index < -0.39 is 0 Å². The van der Waals surface area contributed by atoms with Gasteiger partial charge in [0.1, 0.15) is 34.8 Å². The third kappa shape index (κ3) is 23.7. The van der Waals surface area contributed by atoms with Gasteiger partial charge in [-0.15, -0.1) is 22.7 Å². The molecule has 4 saturated carbocycles. The molecule has 16 atom stereocenters. The summed E-state index contributed by atoms with van der Waals surface area (Å²) >= 11 is 3.46. The lowest BCUT2D eigenvalue weighted by molar-refractivity contribution is 0.125. The number of ether oxygens (including phenoxy) is 4. The number of halogens is 4. The highest BCUT2D eigenvalue weighted by Crippen LogP contribution is 2.53. The number of carbonyl (C=O) groups excluding carboxylic acids is 4. The van der Waals surface area contributed by atoms with E-state index in [1.165, 1.54) is 76.1 Å². The summed E-state index contributed by atoms with van der Waals surface area (Å²) in [4.78, 5) is 82.5. The van der Waals surface area contributed by atoms with Gasteiger partial charge in [0.15, 0.2) is 6.39 Å². The average Bonchev–Trinajstić information content (AvgIpc) is 1.55. The molecule has 12 aromatic rings. The second-order valence-corrected chi connectivity index (χ2v) is 38.0. The molecule has 4 amide bonds. The molecule has 4 aromatic carbocycles. The average molecular weight is 1880 g/mol. The minimum Gasteiger partial charge on any atom is -0.450 e. The first kappa shape index (κ1) is 94.7. The van der Waals surface area contributed by atoms with Gasteiger partial charge in [-0.25, -0.2) is 51.7 Å². The van der Waals surface area contributed by atoms with Crippen molar-refractivity contribution in [1.29, 1.82) is 0 Å². The van der Waals surface area contributed by atoms with Gasteiger partial charge in [0.25, 0.3) is 0 Å². The molecule has 0 aliphatic heterocycles. The number of rotatable bonds is 20. The highest BCUT2D eigenvalue weighted by Gasteiger charge is 2.46. The SMILES string of the molecule is CCOC(=O)N[C@@H]1CC[C@@H]2[C@H](Cc3ncsc3[C@H]2/C=C/c2ccc(-c3cccc(F)c3)cn2)C1.CCOC(=O)N[C@@H]1CC[C@@H]2[C@H](Cc3ocnc3[C@H]2/C=C/c2ccc(-c3cccc(F)c3)cn2)C1.CCOC(=O)N[C@@H]1CC[C@@H]2[C@H](Cc3oncc3[C@H]2/C=C/c2ccc(-c3cccc(F)c3)cn2)C1.CCOC(=O)N[C@@H]1CC[C@@H]2[C@H](Cc3scnc3[C@H]2/C=C/c2ccc(-c3cccc(F)c3)cn2)C1. The highest BCUT2D eigenvalue weighted by molar-refractivity contribution is 7.10. The van der Waals surface area contributed by atoms with Crippen molar-refractivity contribution in [2.45, 2.75) is 178 Å². The van der Waals surface area contributed by atoms with Crippen molar-refractivity contribution in [3.63, 3.8) is 0 Å². The molecule has 28 heteroatoms. The van der Waals surface area contributed by atoms with E-state index in [2.05, 4.69) is 92.8 Å². The smallest absolute Gasteiger partial charge is 0.407 e. The maximum atomic E-state index is 13.5. The summed E-state index contributed by atoms with van der Waals surface area (Å²) in [6.07, 6.45) is 41.6. The van der Waals surface area contributed by atoms with Crippen molar-refractivity contribution in [2.75, 3.05) is 26.4 Å². The summed E-state index contributed by atoms with van der Waals surface area (Å²) in [5.41, 5.74) is 18.6. The minimum absolute atomic E-state index is 0.117. The number of carbonyl (C=O) groups is 4. The van der Waals surface area contributed by atoms with Gasteiger partial charge in [0.05, 0.1) is 83.5 Å². The van der Waals surface area contributed by atoms with Crippen LogP contribution in [0.4, 0.5) is 36.7 Å². The molecule has 0 spiro atoms. The van der Waals surface area contributed by atoms with Crippen LogP contribution in [0.25, 0.3) is 68.8 Å². The number of allylic oxidation sites excluding steroid dienone is 4. The molecule has 4 fully saturated rings. The molecule has 0 radical (unpaired) electrons. The molecule has 22 nitrogen and oxygen atoms in total. The summed E-state index contributed by atoms with van der Waals surface area (Å²) in [6, 6.07) is 42.4. The molecule has 136 heavy (non-hydrogen) atoms. The van der Waals surface area contributed by atoms with Gasteiger partial charge in [0.2, 0.25) is 0 Å². The third-order valence-corrected chi connectivity index (χ3v) is 29.7. The number of hydrogen-bond acceptors (Lipinski definition) is 20. The Bertz CT molecular complexity index is 5440. The Kier molecular flexibility index (Phi) is 31.4. The predicted molar refractivity (Wildman–Crippen MR) is 517 cm³/mol. The zero-order valence-corrected chi connectivity index (χ0v) is 78.1. The number of fused-ring (bicyclic) bond motifs is 8. The highest BCUT2D eigenvalue weighted by atomic mass is 32.1. The van der Waals surface area contributed by atoms with Crippen LogP contribution in [-0.2, 0) is 44.6 Å². The number of alkyl carbamates (subject to hydrolysis) is 4.